The number of benzene rings is 12. The summed E-state index contributed by atoms with van der Waals surface area (Å²) in [4.78, 5) is 0. The van der Waals surface area contributed by atoms with Gasteiger partial charge in [0.05, 0.1) is 5.41 Å². The highest BCUT2D eigenvalue weighted by atomic mass is 31.1. The molecule has 2 heterocycles. The predicted molar refractivity (Wildman–Crippen MR) is 309 cm³/mol. The van der Waals surface area contributed by atoms with Crippen LogP contribution in [0.3, 0.4) is 0 Å². The van der Waals surface area contributed by atoms with Crippen molar-refractivity contribution in [3.05, 3.63) is 253 Å². The SMILES string of the molecule is Cp1c2ccccc2c2c(-c3cccc4c(-c5cccc6c5C5(c7ccccc7-c7ccccc75)c5ccc7ccccc7c5-6)c5cccc(-c6cccc7c6c6ccccc6p7C)c5cc34)cccc21. The monoisotopic (exact) mass is 934 g/mol. The molecule has 0 fully saturated rings. The van der Waals surface area contributed by atoms with Gasteiger partial charge in [-0.05, 0) is 140 Å². The fraction of sp³-hybridized carbons (Fsp3) is 0.0435. The Hall–Kier alpha value is -7.98. The van der Waals surface area contributed by atoms with Gasteiger partial charge in [0.2, 0.25) is 0 Å². The summed E-state index contributed by atoms with van der Waals surface area (Å²) < 4.78 is 0. The van der Waals surface area contributed by atoms with Crippen LogP contribution in [0.1, 0.15) is 22.3 Å². The summed E-state index contributed by atoms with van der Waals surface area (Å²) in [6.45, 7) is 4.88. The molecular formula is C69H44P2. The molecular weight excluding hydrogens is 891 g/mol. The van der Waals surface area contributed by atoms with Crippen LogP contribution >= 0.6 is 15.1 Å². The van der Waals surface area contributed by atoms with Gasteiger partial charge >= 0.3 is 0 Å². The normalized spacial score (nSPS) is 13.8. The zero-order valence-corrected chi connectivity index (χ0v) is 41.1. The Morgan fingerprint density at radius 3 is 1.27 bits per heavy atom. The average Bonchev–Trinajstić information content (AvgIpc) is 4.12. The van der Waals surface area contributed by atoms with Crippen molar-refractivity contribution in [2.24, 2.45) is 13.3 Å². The summed E-state index contributed by atoms with van der Waals surface area (Å²) in [6, 6.07) is 89.0. The molecule has 2 aliphatic carbocycles. The van der Waals surface area contributed by atoms with Gasteiger partial charge in [0.1, 0.15) is 0 Å². The zero-order valence-electron chi connectivity index (χ0n) is 39.3. The first-order valence-corrected chi connectivity index (χ1v) is 28.5. The summed E-state index contributed by atoms with van der Waals surface area (Å²) in [6.07, 6.45) is 0. The lowest BCUT2D eigenvalue weighted by Crippen LogP contribution is -2.26. The van der Waals surface area contributed by atoms with Gasteiger partial charge in [0, 0.05) is 31.2 Å². The van der Waals surface area contributed by atoms with Crippen LogP contribution in [-0.4, -0.2) is 0 Å². The van der Waals surface area contributed by atoms with Crippen LogP contribution in [0.2, 0.25) is 0 Å². The highest BCUT2D eigenvalue weighted by Gasteiger charge is 2.53. The minimum absolute atomic E-state index is 0.469. The molecule has 0 N–H and O–H groups in total. The van der Waals surface area contributed by atoms with Crippen LogP contribution in [0.4, 0.5) is 0 Å². The van der Waals surface area contributed by atoms with E-state index in [9.17, 15) is 0 Å². The molecule has 1 spiro atoms. The molecule has 2 heteroatoms. The molecule has 2 aliphatic rings. The largest absolute Gasteiger partial charge is 0.112 e. The Morgan fingerprint density at radius 1 is 0.268 bits per heavy atom. The van der Waals surface area contributed by atoms with Gasteiger partial charge < -0.3 is 0 Å². The third kappa shape index (κ3) is 5.07. The van der Waals surface area contributed by atoms with E-state index in [0.717, 1.165) is 0 Å². The van der Waals surface area contributed by atoms with Crippen LogP contribution < -0.4 is 0 Å². The first kappa shape index (κ1) is 39.8. The number of hydrogen-bond acceptors (Lipinski definition) is 0. The van der Waals surface area contributed by atoms with E-state index in [4.69, 9.17) is 0 Å². The average molecular weight is 935 g/mol. The van der Waals surface area contributed by atoms with Crippen LogP contribution in [0.15, 0.2) is 231 Å². The number of hydrogen-bond donors (Lipinski definition) is 0. The predicted octanol–water partition coefficient (Wildman–Crippen LogP) is 20.2. The van der Waals surface area contributed by atoms with E-state index in [1.165, 1.54) is 152 Å². The molecule has 2 atom stereocenters. The van der Waals surface area contributed by atoms with Crippen LogP contribution in [-0.2, 0) is 18.7 Å². The van der Waals surface area contributed by atoms with Crippen molar-refractivity contribution in [2.75, 3.05) is 0 Å². The molecule has 14 aromatic rings. The highest BCUT2D eigenvalue weighted by Crippen LogP contribution is 2.66. The van der Waals surface area contributed by atoms with Gasteiger partial charge in [-0.1, -0.05) is 224 Å². The van der Waals surface area contributed by atoms with Crippen molar-refractivity contribution in [2.45, 2.75) is 5.41 Å². The van der Waals surface area contributed by atoms with E-state index in [-0.39, 0.29) is 0 Å². The molecule has 0 radical (unpaired) electrons. The maximum absolute atomic E-state index is 2.57. The van der Waals surface area contributed by atoms with Crippen molar-refractivity contribution < 1.29 is 0 Å². The smallest absolute Gasteiger partial charge is 0.0731 e. The van der Waals surface area contributed by atoms with Crippen molar-refractivity contribution >= 4 is 89.4 Å². The summed E-state index contributed by atoms with van der Waals surface area (Å²) in [5, 5.41) is 19.1. The van der Waals surface area contributed by atoms with Gasteiger partial charge in [-0.15, -0.1) is 15.1 Å². The first-order valence-electron chi connectivity index (χ1n) is 24.9. The second-order valence-electron chi connectivity index (χ2n) is 19.9. The molecule has 12 aromatic carbocycles. The summed E-state index contributed by atoms with van der Waals surface area (Å²) in [7, 11) is -0.938. The minimum atomic E-state index is -0.549. The van der Waals surface area contributed by atoms with Gasteiger partial charge in [0.15, 0.2) is 0 Å². The van der Waals surface area contributed by atoms with Crippen molar-refractivity contribution in [1.82, 2.24) is 0 Å². The number of aryl methyl sites for hydroxylation is 2. The fourth-order valence-corrected chi connectivity index (χ4v) is 18.0. The molecule has 2 aromatic heterocycles. The maximum atomic E-state index is 2.57. The third-order valence-corrected chi connectivity index (χ3v) is 21.2. The Labute approximate surface area is 414 Å². The van der Waals surface area contributed by atoms with Crippen molar-refractivity contribution in [3.8, 4) is 55.6 Å². The lowest BCUT2D eigenvalue weighted by Gasteiger charge is -2.33. The van der Waals surface area contributed by atoms with Gasteiger partial charge in [-0.25, -0.2) is 0 Å². The summed E-state index contributed by atoms with van der Waals surface area (Å²) in [5.41, 5.74) is 18.0. The van der Waals surface area contributed by atoms with Crippen LogP contribution in [0.25, 0.3) is 130 Å². The summed E-state index contributed by atoms with van der Waals surface area (Å²) in [5.74, 6) is 0. The van der Waals surface area contributed by atoms with E-state index in [1.54, 1.807) is 0 Å². The van der Waals surface area contributed by atoms with E-state index < -0.39 is 20.5 Å². The molecule has 330 valence electrons. The molecule has 0 saturated heterocycles. The van der Waals surface area contributed by atoms with Gasteiger partial charge in [-0.3, -0.25) is 0 Å². The number of fused-ring (bicyclic) bond motifs is 20. The van der Waals surface area contributed by atoms with E-state index in [1.807, 2.05) is 0 Å². The maximum Gasteiger partial charge on any atom is 0.0731 e. The molecule has 0 nitrogen and oxygen atoms in total. The Morgan fingerprint density at radius 2 is 0.676 bits per heavy atom. The Kier molecular flexibility index (Phi) is 8.16. The molecule has 0 bridgehead atoms. The molecule has 0 aliphatic heterocycles. The van der Waals surface area contributed by atoms with Crippen molar-refractivity contribution in [1.29, 1.82) is 0 Å². The van der Waals surface area contributed by atoms with E-state index in [2.05, 4.69) is 244 Å². The first-order chi connectivity index (χ1) is 35.1. The second-order valence-corrected chi connectivity index (χ2v) is 24.0. The minimum Gasteiger partial charge on any atom is -0.112 e. The fourth-order valence-electron chi connectivity index (χ4n) is 14.0. The second kappa shape index (κ2) is 14.5. The van der Waals surface area contributed by atoms with Gasteiger partial charge in [0.25, 0.3) is 0 Å². The lowest BCUT2D eigenvalue weighted by molar-refractivity contribution is 0.796. The van der Waals surface area contributed by atoms with E-state index >= 15 is 0 Å². The number of rotatable bonds is 3. The molecule has 2 unspecified atom stereocenters. The summed E-state index contributed by atoms with van der Waals surface area (Å²) >= 11 is 0. The lowest BCUT2D eigenvalue weighted by atomic mass is 9.68. The van der Waals surface area contributed by atoms with Crippen LogP contribution in [0, 0.1) is 0 Å². The standard InChI is InChI=1S/C69H44P2/c1-70-60-34-11-7-22-51(60)66-47(28-16-36-62(66)70)43-24-13-26-49-55(43)40-56-44(48-29-17-37-63-67(48)52-23-8-12-35-61(52)71(63)2)25-14-27-50(56)64(49)53-30-15-31-54-65-42-19-4-3-18-41(42)38-39-59(65)69(68(53)54)57-32-9-5-20-45(57)46-21-6-10-33-58(46)69/h3-40H,1-2H3. The Bertz CT molecular complexity index is 4450. The Balaban J connectivity index is 1.10. The zero-order chi connectivity index (χ0) is 46.7. The quantitative estimate of drug-likeness (QED) is 0.155. The molecule has 0 saturated carbocycles. The van der Waals surface area contributed by atoms with Crippen LogP contribution in [0.5, 0.6) is 0 Å². The topological polar surface area (TPSA) is 0 Å². The van der Waals surface area contributed by atoms with Crippen molar-refractivity contribution in [3.63, 3.8) is 0 Å². The van der Waals surface area contributed by atoms with Gasteiger partial charge in [-0.2, -0.15) is 0 Å². The molecule has 16 rings (SSSR count). The molecule has 71 heavy (non-hydrogen) atoms. The highest BCUT2D eigenvalue weighted by molar-refractivity contribution is 7.60. The molecule has 0 amide bonds. The third-order valence-electron chi connectivity index (χ3n) is 16.8. The van der Waals surface area contributed by atoms with E-state index in [0.29, 0.717) is 0 Å².